The third-order valence-electron chi connectivity index (χ3n) is 3.57. The molecule has 0 radical (unpaired) electrons. The van der Waals surface area contributed by atoms with Crippen LogP contribution in [0, 0.1) is 5.41 Å². The van der Waals surface area contributed by atoms with Crippen LogP contribution in [0.15, 0.2) is 30.5 Å². The number of fused-ring (bicyclic) bond motifs is 1. The van der Waals surface area contributed by atoms with Crippen molar-refractivity contribution in [3.8, 4) is 0 Å². The molecule has 4 N–H and O–H groups in total. The number of para-hydroxylation sites is 1. The molecule has 112 valence electrons. The van der Waals surface area contributed by atoms with Gasteiger partial charge in [0.25, 0.3) is 0 Å². The van der Waals surface area contributed by atoms with E-state index in [1.807, 2.05) is 31.3 Å². The van der Waals surface area contributed by atoms with Crippen molar-refractivity contribution in [1.82, 2.24) is 4.98 Å². The minimum absolute atomic E-state index is 0.0328. The number of nitrogen functional groups attached to an aromatic ring is 1. The van der Waals surface area contributed by atoms with E-state index in [9.17, 15) is 0 Å². The Balaban J connectivity index is 2.34. The first kappa shape index (κ1) is 15.3. The third-order valence-corrected chi connectivity index (χ3v) is 3.57. The Bertz CT molecular complexity index is 627. The molecule has 0 fully saturated rings. The number of aliphatic hydroxyl groups is 1. The first-order valence-corrected chi connectivity index (χ1v) is 7.19. The number of aromatic nitrogens is 1. The second-order valence-corrected chi connectivity index (χ2v) is 5.16. The lowest BCUT2D eigenvalue weighted by Gasteiger charge is -2.23. The standard InChI is InChI=1S/C16H22N4O/c1-20(9-5-2-6-10-21)15-12-7-3-4-8-14(12)19-11-13(15)16(17)18/h3-4,7-8,11,21H,2,5-6,9-10H2,1H3,(H3,17,18). The van der Waals surface area contributed by atoms with Crippen LogP contribution >= 0.6 is 0 Å². The van der Waals surface area contributed by atoms with Gasteiger partial charge in [0.15, 0.2) is 0 Å². The average molecular weight is 286 g/mol. The van der Waals surface area contributed by atoms with E-state index in [0.717, 1.165) is 42.4 Å². The molecule has 5 heteroatoms. The van der Waals surface area contributed by atoms with E-state index >= 15 is 0 Å². The number of hydrogen-bond acceptors (Lipinski definition) is 4. The van der Waals surface area contributed by atoms with Crippen LogP contribution in [0.1, 0.15) is 24.8 Å². The highest BCUT2D eigenvalue weighted by Crippen LogP contribution is 2.28. The predicted molar refractivity (Wildman–Crippen MR) is 87.0 cm³/mol. The number of pyridine rings is 1. The second kappa shape index (κ2) is 7.04. The molecule has 0 saturated carbocycles. The maximum absolute atomic E-state index is 8.84. The predicted octanol–water partition coefficient (Wildman–Crippen LogP) is 2.12. The summed E-state index contributed by atoms with van der Waals surface area (Å²) in [4.78, 5) is 6.50. The van der Waals surface area contributed by atoms with Gasteiger partial charge in [0.2, 0.25) is 0 Å². The molecule has 0 aliphatic heterocycles. The maximum Gasteiger partial charge on any atom is 0.126 e. The first-order valence-electron chi connectivity index (χ1n) is 7.19. The molecule has 0 unspecified atom stereocenters. The van der Waals surface area contributed by atoms with E-state index in [0.29, 0.717) is 5.56 Å². The summed E-state index contributed by atoms with van der Waals surface area (Å²) in [6.07, 6.45) is 4.47. The van der Waals surface area contributed by atoms with Crippen LogP contribution in [0.2, 0.25) is 0 Å². The molecule has 5 nitrogen and oxygen atoms in total. The van der Waals surface area contributed by atoms with Gasteiger partial charge in [-0.15, -0.1) is 0 Å². The highest BCUT2D eigenvalue weighted by atomic mass is 16.2. The van der Waals surface area contributed by atoms with Crippen molar-refractivity contribution < 1.29 is 5.11 Å². The summed E-state index contributed by atoms with van der Waals surface area (Å²) >= 11 is 0. The molecule has 2 aromatic rings. The maximum atomic E-state index is 8.84. The monoisotopic (exact) mass is 286 g/mol. The zero-order chi connectivity index (χ0) is 15.2. The summed E-state index contributed by atoms with van der Waals surface area (Å²) in [6.45, 7) is 1.09. The van der Waals surface area contributed by atoms with Gasteiger partial charge in [-0.1, -0.05) is 18.2 Å². The Morgan fingerprint density at radius 2 is 2.05 bits per heavy atom. The Kier molecular flexibility index (Phi) is 5.11. The largest absolute Gasteiger partial charge is 0.396 e. The molecule has 0 spiro atoms. The van der Waals surface area contributed by atoms with Crippen LogP contribution < -0.4 is 10.6 Å². The SMILES string of the molecule is CN(CCCCCO)c1c(C(=N)N)cnc2ccccc12. The van der Waals surface area contributed by atoms with Crippen molar-refractivity contribution >= 4 is 22.4 Å². The lowest BCUT2D eigenvalue weighted by molar-refractivity contribution is 0.283. The summed E-state index contributed by atoms with van der Waals surface area (Å²) in [5.41, 5.74) is 8.23. The van der Waals surface area contributed by atoms with E-state index in [1.54, 1.807) is 6.20 Å². The molecule has 2 rings (SSSR count). The smallest absolute Gasteiger partial charge is 0.126 e. The summed E-state index contributed by atoms with van der Waals surface area (Å²) in [6, 6.07) is 7.89. The van der Waals surface area contributed by atoms with Gasteiger partial charge in [0, 0.05) is 31.8 Å². The minimum Gasteiger partial charge on any atom is -0.396 e. The number of unbranched alkanes of at least 4 members (excludes halogenated alkanes) is 2. The van der Waals surface area contributed by atoms with Gasteiger partial charge in [-0.25, -0.2) is 0 Å². The number of nitrogens with one attached hydrogen (secondary N) is 1. The van der Waals surface area contributed by atoms with Gasteiger partial charge in [-0.3, -0.25) is 10.4 Å². The Labute approximate surface area is 124 Å². The molecule has 0 bridgehead atoms. The van der Waals surface area contributed by atoms with Gasteiger partial charge in [0.05, 0.1) is 16.8 Å². The lowest BCUT2D eigenvalue weighted by atomic mass is 10.1. The summed E-state index contributed by atoms with van der Waals surface area (Å²) in [5.74, 6) is 0.0328. The normalized spacial score (nSPS) is 10.8. The molecule has 1 aromatic carbocycles. The van der Waals surface area contributed by atoms with Gasteiger partial charge in [-0.2, -0.15) is 0 Å². The van der Waals surface area contributed by atoms with E-state index < -0.39 is 0 Å². The van der Waals surface area contributed by atoms with Crippen molar-refractivity contribution in [3.05, 3.63) is 36.0 Å². The van der Waals surface area contributed by atoms with Crippen LogP contribution in [-0.4, -0.2) is 36.1 Å². The van der Waals surface area contributed by atoms with Crippen LogP contribution in [0.25, 0.3) is 10.9 Å². The third kappa shape index (κ3) is 3.49. The zero-order valence-corrected chi connectivity index (χ0v) is 12.3. The zero-order valence-electron chi connectivity index (χ0n) is 12.3. The lowest BCUT2D eigenvalue weighted by Crippen LogP contribution is -2.24. The van der Waals surface area contributed by atoms with E-state index in [-0.39, 0.29) is 12.4 Å². The molecule has 0 aliphatic rings. The molecular weight excluding hydrogens is 264 g/mol. The average Bonchev–Trinajstić information content (AvgIpc) is 2.50. The highest BCUT2D eigenvalue weighted by molar-refractivity contribution is 6.07. The van der Waals surface area contributed by atoms with Gasteiger partial charge >= 0.3 is 0 Å². The number of hydrogen-bond donors (Lipinski definition) is 3. The van der Waals surface area contributed by atoms with Crippen molar-refractivity contribution in [2.75, 3.05) is 25.1 Å². The fraction of sp³-hybridized carbons (Fsp3) is 0.375. The van der Waals surface area contributed by atoms with Gasteiger partial charge in [-0.05, 0) is 25.3 Å². The van der Waals surface area contributed by atoms with Crippen LogP contribution in [0.5, 0.6) is 0 Å². The van der Waals surface area contributed by atoms with E-state index in [4.69, 9.17) is 16.2 Å². The molecule has 1 aromatic heterocycles. The number of nitrogens with zero attached hydrogens (tertiary/aromatic N) is 2. The van der Waals surface area contributed by atoms with Gasteiger partial charge in [0.1, 0.15) is 5.84 Å². The minimum atomic E-state index is 0.0328. The number of anilines is 1. The molecule has 21 heavy (non-hydrogen) atoms. The van der Waals surface area contributed by atoms with Crippen molar-refractivity contribution in [2.45, 2.75) is 19.3 Å². The van der Waals surface area contributed by atoms with Crippen molar-refractivity contribution in [1.29, 1.82) is 5.41 Å². The molecule has 0 aliphatic carbocycles. The Morgan fingerprint density at radius 3 is 2.76 bits per heavy atom. The second-order valence-electron chi connectivity index (χ2n) is 5.16. The van der Waals surface area contributed by atoms with Crippen LogP contribution in [-0.2, 0) is 0 Å². The highest BCUT2D eigenvalue weighted by Gasteiger charge is 2.14. The number of aliphatic hydroxyl groups excluding tert-OH is 1. The van der Waals surface area contributed by atoms with Crippen LogP contribution in [0.3, 0.4) is 0 Å². The Hall–Kier alpha value is -2.14. The summed E-state index contributed by atoms with van der Waals surface area (Å²) < 4.78 is 0. The van der Waals surface area contributed by atoms with Crippen molar-refractivity contribution in [3.63, 3.8) is 0 Å². The number of benzene rings is 1. The fourth-order valence-corrected chi connectivity index (χ4v) is 2.48. The summed E-state index contributed by atoms with van der Waals surface area (Å²) in [7, 11) is 2.01. The molecule has 1 heterocycles. The topological polar surface area (TPSA) is 86.2 Å². The molecule has 0 saturated heterocycles. The number of nitrogens with two attached hydrogens (primary N) is 1. The fourth-order valence-electron chi connectivity index (χ4n) is 2.48. The molecule has 0 atom stereocenters. The van der Waals surface area contributed by atoms with E-state index in [2.05, 4.69) is 9.88 Å². The van der Waals surface area contributed by atoms with Crippen LogP contribution in [0.4, 0.5) is 5.69 Å². The number of amidine groups is 1. The molecule has 0 amide bonds. The van der Waals surface area contributed by atoms with E-state index in [1.165, 1.54) is 0 Å². The van der Waals surface area contributed by atoms with Crippen molar-refractivity contribution in [2.24, 2.45) is 5.73 Å². The summed E-state index contributed by atoms with van der Waals surface area (Å²) in [5, 5.41) is 17.6. The number of rotatable bonds is 7. The first-order chi connectivity index (χ1) is 10.1. The Morgan fingerprint density at radius 1 is 1.29 bits per heavy atom. The quantitative estimate of drug-likeness (QED) is 0.413. The van der Waals surface area contributed by atoms with Gasteiger partial charge < -0.3 is 15.7 Å². The molecular formula is C16H22N4O.